The van der Waals surface area contributed by atoms with Crippen LogP contribution in [0.25, 0.3) is 0 Å². The topological polar surface area (TPSA) is 41.0 Å². The molecule has 0 aliphatic heterocycles. The lowest BCUT2D eigenvalue weighted by atomic mass is 10.3. The van der Waals surface area contributed by atoms with Crippen LogP contribution in [-0.4, -0.2) is 39.3 Å². The van der Waals surface area contributed by atoms with Crippen LogP contribution >= 0.6 is 23.3 Å². The summed E-state index contributed by atoms with van der Waals surface area (Å²) in [5, 5.41) is 3.72. The van der Waals surface area contributed by atoms with E-state index < -0.39 is 0 Å². The van der Waals surface area contributed by atoms with Crippen LogP contribution in [0.2, 0.25) is 5.15 Å². The van der Waals surface area contributed by atoms with Gasteiger partial charge in [0.05, 0.1) is 11.7 Å². The van der Waals surface area contributed by atoms with E-state index >= 15 is 0 Å². The smallest absolute Gasteiger partial charge is 0.186 e. The molecule has 0 amide bonds. The zero-order chi connectivity index (χ0) is 11.3. The first-order valence-corrected chi connectivity index (χ1v) is 6.25. The lowest BCUT2D eigenvalue weighted by molar-refractivity contribution is 0.294. The van der Waals surface area contributed by atoms with Gasteiger partial charge in [-0.3, -0.25) is 0 Å². The predicted molar refractivity (Wildman–Crippen MR) is 65.8 cm³/mol. The molecule has 4 nitrogen and oxygen atoms in total. The Labute approximate surface area is 100.0 Å². The maximum Gasteiger partial charge on any atom is 0.186 e. The second kappa shape index (κ2) is 6.25. The Morgan fingerprint density at radius 2 is 2.07 bits per heavy atom. The fourth-order valence-electron chi connectivity index (χ4n) is 1.41. The van der Waals surface area contributed by atoms with Gasteiger partial charge < -0.3 is 10.2 Å². The molecule has 0 aromatic carbocycles. The van der Waals surface area contributed by atoms with Gasteiger partial charge in [-0.25, -0.2) is 0 Å². The normalized spacial score (nSPS) is 13.1. The molecule has 1 rings (SSSR count). The molecule has 1 N–H and O–H groups in total. The number of halogens is 1. The Kier molecular flexibility index (Phi) is 5.28. The lowest BCUT2D eigenvalue weighted by Crippen LogP contribution is -2.34. The van der Waals surface area contributed by atoms with E-state index in [0.717, 1.165) is 31.4 Å². The largest absolute Gasteiger partial charge is 0.363 e. The van der Waals surface area contributed by atoms with Crippen LogP contribution in [0.15, 0.2) is 0 Å². The maximum absolute atomic E-state index is 5.85. The minimum absolute atomic E-state index is 0.325. The van der Waals surface area contributed by atoms with E-state index in [1.54, 1.807) is 0 Å². The van der Waals surface area contributed by atoms with E-state index in [4.69, 9.17) is 11.6 Å². The number of nitrogens with zero attached hydrogens (tertiary/aromatic N) is 3. The molecule has 1 aromatic rings. The Morgan fingerprint density at radius 1 is 1.40 bits per heavy atom. The van der Waals surface area contributed by atoms with Crippen LogP contribution in [0.4, 0.5) is 5.82 Å². The van der Waals surface area contributed by atoms with Crippen molar-refractivity contribution in [3.8, 4) is 0 Å². The molecule has 1 unspecified atom stereocenters. The number of anilines is 1. The first-order chi connectivity index (χ1) is 7.17. The third-order valence-electron chi connectivity index (χ3n) is 2.26. The van der Waals surface area contributed by atoms with Crippen molar-refractivity contribution in [1.82, 2.24) is 13.6 Å². The quantitative estimate of drug-likeness (QED) is 0.839. The number of rotatable bonds is 6. The van der Waals surface area contributed by atoms with Crippen molar-refractivity contribution in [2.45, 2.75) is 26.8 Å². The predicted octanol–water partition coefficient (Wildman–Crippen LogP) is 2.33. The van der Waals surface area contributed by atoms with Gasteiger partial charge in [0.1, 0.15) is 0 Å². The zero-order valence-electron chi connectivity index (χ0n) is 9.33. The van der Waals surface area contributed by atoms with Crippen LogP contribution in [0.3, 0.4) is 0 Å². The van der Waals surface area contributed by atoms with Gasteiger partial charge in [-0.2, -0.15) is 8.75 Å². The summed E-state index contributed by atoms with van der Waals surface area (Å²) in [6, 6.07) is 0.325. The number of aromatic nitrogens is 2. The van der Waals surface area contributed by atoms with E-state index in [2.05, 4.69) is 39.7 Å². The van der Waals surface area contributed by atoms with Gasteiger partial charge in [-0.15, -0.1) is 0 Å². The summed E-state index contributed by atoms with van der Waals surface area (Å²) in [4.78, 5) is 2.35. The number of likely N-dealkylation sites (N-methyl/N-ethyl adjacent to an activating group) is 1. The van der Waals surface area contributed by atoms with Crippen molar-refractivity contribution in [2.75, 3.05) is 25.0 Å². The van der Waals surface area contributed by atoms with Crippen molar-refractivity contribution in [1.29, 1.82) is 0 Å². The molecule has 0 fully saturated rings. The van der Waals surface area contributed by atoms with Crippen molar-refractivity contribution < 1.29 is 0 Å². The van der Waals surface area contributed by atoms with Crippen LogP contribution in [0.5, 0.6) is 0 Å². The number of hydrogen-bond acceptors (Lipinski definition) is 5. The third-order valence-corrected chi connectivity index (χ3v) is 3.15. The fraction of sp³-hybridized carbons (Fsp3) is 0.778. The molecule has 86 valence electrons. The highest BCUT2D eigenvalue weighted by molar-refractivity contribution is 6.99. The average molecular weight is 249 g/mol. The molecule has 0 spiro atoms. The molecule has 0 aliphatic carbocycles. The highest BCUT2D eigenvalue weighted by atomic mass is 35.5. The summed E-state index contributed by atoms with van der Waals surface area (Å²) in [6.45, 7) is 9.55. The second-order valence-corrected chi connectivity index (χ2v) is 4.32. The van der Waals surface area contributed by atoms with Gasteiger partial charge in [-0.05, 0) is 20.0 Å². The van der Waals surface area contributed by atoms with Crippen LogP contribution in [-0.2, 0) is 0 Å². The van der Waals surface area contributed by atoms with E-state index in [-0.39, 0.29) is 0 Å². The highest BCUT2D eigenvalue weighted by Crippen LogP contribution is 2.18. The molecule has 15 heavy (non-hydrogen) atoms. The number of hydrogen-bond donors (Lipinski definition) is 1. The molecule has 0 radical (unpaired) electrons. The highest BCUT2D eigenvalue weighted by Gasteiger charge is 2.11. The van der Waals surface area contributed by atoms with Gasteiger partial charge in [0.15, 0.2) is 11.0 Å². The van der Waals surface area contributed by atoms with Crippen LogP contribution < -0.4 is 5.32 Å². The van der Waals surface area contributed by atoms with Gasteiger partial charge >= 0.3 is 0 Å². The second-order valence-electron chi connectivity index (χ2n) is 3.43. The Morgan fingerprint density at radius 3 is 2.53 bits per heavy atom. The molecule has 0 aliphatic rings. The molecule has 0 saturated heterocycles. The standard InChI is InChI=1S/C9H17ClN4S/c1-4-14(5-2)6-7(3)11-9-8(10)12-15-13-9/h7H,4-6H2,1-3H3,(H,11,13). The summed E-state index contributed by atoms with van der Waals surface area (Å²) in [5.41, 5.74) is 0. The minimum Gasteiger partial charge on any atom is -0.363 e. The van der Waals surface area contributed by atoms with Gasteiger partial charge in [-0.1, -0.05) is 25.4 Å². The minimum atomic E-state index is 0.325. The first-order valence-electron chi connectivity index (χ1n) is 5.14. The lowest BCUT2D eigenvalue weighted by Gasteiger charge is -2.23. The SMILES string of the molecule is CCN(CC)CC(C)Nc1nsnc1Cl. The summed E-state index contributed by atoms with van der Waals surface area (Å²) >= 11 is 6.98. The fourth-order valence-corrected chi connectivity index (χ4v) is 2.07. The van der Waals surface area contributed by atoms with Gasteiger partial charge in [0.2, 0.25) is 0 Å². The monoisotopic (exact) mass is 248 g/mol. The molecule has 6 heteroatoms. The Bertz CT molecular complexity index is 287. The molecule has 1 atom stereocenters. The van der Waals surface area contributed by atoms with E-state index in [0.29, 0.717) is 17.0 Å². The van der Waals surface area contributed by atoms with E-state index in [1.165, 1.54) is 0 Å². The molecule has 0 saturated carbocycles. The van der Waals surface area contributed by atoms with Crippen LogP contribution in [0.1, 0.15) is 20.8 Å². The summed E-state index contributed by atoms with van der Waals surface area (Å²) < 4.78 is 7.99. The molecule has 0 bridgehead atoms. The molecular formula is C9H17ClN4S. The van der Waals surface area contributed by atoms with Crippen molar-refractivity contribution in [3.05, 3.63) is 5.15 Å². The van der Waals surface area contributed by atoms with Crippen molar-refractivity contribution in [3.63, 3.8) is 0 Å². The summed E-state index contributed by atoms with van der Waals surface area (Å²) in [6.07, 6.45) is 0. The molecule has 1 heterocycles. The zero-order valence-corrected chi connectivity index (χ0v) is 10.9. The summed E-state index contributed by atoms with van der Waals surface area (Å²) in [7, 11) is 0. The third kappa shape index (κ3) is 3.93. The van der Waals surface area contributed by atoms with Crippen molar-refractivity contribution in [2.24, 2.45) is 0 Å². The first kappa shape index (κ1) is 12.7. The van der Waals surface area contributed by atoms with Gasteiger partial charge in [0, 0.05) is 12.6 Å². The molecule has 1 aromatic heterocycles. The van der Waals surface area contributed by atoms with E-state index in [1.807, 2.05) is 0 Å². The maximum atomic E-state index is 5.85. The van der Waals surface area contributed by atoms with E-state index in [9.17, 15) is 0 Å². The number of nitrogens with one attached hydrogen (secondary N) is 1. The van der Waals surface area contributed by atoms with Crippen LogP contribution in [0, 0.1) is 0 Å². The summed E-state index contributed by atoms with van der Waals surface area (Å²) in [5.74, 6) is 0.696. The Hall–Kier alpha value is -0.390. The molecular weight excluding hydrogens is 232 g/mol. The Balaban J connectivity index is 2.42. The average Bonchev–Trinajstić information content (AvgIpc) is 2.61. The van der Waals surface area contributed by atoms with Crippen molar-refractivity contribution >= 4 is 29.1 Å². The van der Waals surface area contributed by atoms with Gasteiger partial charge in [0.25, 0.3) is 0 Å².